The fraction of sp³-hybridized carbons (Fsp3) is 0.923. The minimum atomic E-state index is -0.679. The molecular formula is C13H22N2O2. The number of carbonyl (C=O) groups is 1. The van der Waals surface area contributed by atoms with E-state index in [2.05, 4.69) is 10.2 Å². The van der Waals surface area contributed by atoms with Crippen molar-refractivity contribution in [1.82, 2.24) is 10.2 Å². The molecule has 17 heavy (non-hydrogen) atoms. The molecule has 3 fully saturated rings. The van der Waals surface area contributed by atoms with Crippen LogP contribution in [0.25, 0.3) is 0 Å². The first kappa shape index (κ1) is 11.5. The van der Waals surface area contributed by atoms with Crippen LogP contribution in [0.5, 0.6) is 0 Å². The van der Waals surface area contributed by atoms with Crippen LogP contribution in [0.3, 0.4) is 0 Å². The van der Waals surface area contributed by atoms with Gasteiger partial charge in [-0.1, -0.05) is 0 Å². The lowest BCUT2D eigenvalue weighted by atomic mass is 10.1. The number of nitrogens with one attached hydrogen (secondary N) is 1. The van der Waals surface area contributed by atoms with Gasteiger partial charge in [-0.2, -0.15) is 0 Å². The maximum Gasteiger partial charge on any atom is 0.320 e. The van der Waals surface area contributed by atoms with Gasteiger partial charge in [-0.25, -0.2) is 0 Å². The molecule has 1 aliphatic heterocycles. The van der Waals surface area contributed by atoms with Crippen LogP contribution in [0.1, 0.15) is 38.5 Å². The molecule has 3 aliphatic rings. The molecular weight excluding hydrogens is 216 g/mol. The predicted octanol–water partition coefficient (Wildman–Crippen LogP) is 1.07. The summed E-state index contributed by atoms with van der Waals surface area (Å²) >= 11 is 0. The Labute approximate surface area is 102 Å². The highest BCUT2D eigenvalue weighted by Gasteiger charge is 2.38. The minimum absolute atomic E-state index is 0.332. The van der Waals surface area contributed by atoms with E-state index in [4.69, 9.17) is 0 Å². The standard InChI is InChI=1S/C13H22N2O2/c16-13(17)12(14-10-2-3-10)5-6-15-8-9-1-4-11(15)7-9/h9-12,14H,1-8H2,(H,16,17). The lowest BCUT2D eigenvalue weighted by Gasteiger charge is -2.28. The lowest BCUT2D eigenvalue weighted by Crippen LogP contribution is -2.42. The number of fused-ring (bicyclic) bond motifs is 2. The maximum absolute atomic E-state index is 11.1. The van der Waals surface area contributed by atoms with E-state index >= 15 is 0 Å². The summed E-state index contributed by atoms with van der Waals surface area (Å²) in [7, 11) is 0. The Morgan fingerprint density at radius 1 is 1.35 bits per heavy atom. The average molecular weight is 238 g/mol. The number of carboxylic acids is 1. The van der Waals surface area contributed by atoms with E-state index < -0.39 is 5.97 Å². The van der Waals surface area contributed by atoms with Gasteiger partial charge in [0.15, 0.2) is 0 Å². The molecule has 3 unspecified atom stereocenters. The van der Waals surface area contributed by atoms with Crippen LogP contribution in [0.2, 0.25) is 0 Å². The molecule has 4 nitrogen and oxygen atoms in total. The highest BCUT2D eigenvalue weighted by molar-refractivity contribution is 5.73. The molecule has 2 saturated carbocycles. The highest BCUT2D eigenvalue weighted by atomic mass is 16.4. The molecule has 0 spiro atoms. The molecule has 2 bridgehead atoms. The van der Waals surface area contributed by atoms with Crippen molar-refractivity contribution in [2.45, 2.75) is 56.7 Å². The molecule has 1 saturated heterocycles. The summed E-state index contributed by atoms with van der Waals surface area (Å²) in [5.41, 5.74) is 0. The molecule has 0 aromatic heterocycles. The number of rotatable bonds is 6. The van der Waals surface area contributed by atoms with Gasteiger partial charge < -0.3 is 15.3 Å². The number of carboxylic acid groups (broad SMARTS) is 1. The van der Waals surface area contributed by atoms with E-state index in [1.165, 1.54) is 25.8 Å². The number of aliphatic carboxylic acids is 1. The van der Waals surface area contributed by atoms with Crippen molar-refractivity contribution >= 4 is 5.97 Å². The maximum atomic E-state index is 11.1. The van der Waals surface area contributed by atoms with Crippen LogP contribution in [-0.4, -0.2) is 47.2 Å². The zero-order valence-electron chi connectivity index (χ0n) is 10.3. The first-order valence-electron chi connectivity index (χ1n) is 6.95. The van der Waals surface area contributed by atoms with E-state index in [1.807, 2.05) is 0 Å². The third kappa shape index (κ3) is 2.63. The molecule has 0 aromatic rings. The summed E-state index contributed by atoms with van der Waals surface area (Å²) in [5.74, 6) is 0.223. The Bertz CT molecular complexity index is 304. The quantitative estimate of drug-likeness (QED) is 0.726. The van der Waals surface area contributed by atoms with Crippen LogP contribution >= 0.6 is 0 Å². The van der Waals surface area contributed by atoms with Crippen molar-refractivity contribution in [2.24, 2.45) is 5.92 Å². The van der Waals surface area contributed by atoms with Gasteiger partial charge in [-0.05, 0) is 44.4 Å². The van der Waals surface area contributed by atoms with Gasteiger partial charge in [0.05, 0.1) is 0 Å². The van der Waals surface area contributed by atoms with Crippen LogP contribution in [0.15, 0.2) is 0 Å². The largest absolute Gasteiger partial charge is 0.480 e. The Morgan fingerprint density at radius 2 is 2.18 bits per heavy atom. The zero-order valence-corrected chi connectivity index (χ0v) is 10.3. The summed E-state index contributed by atoms with van der Waals surface area (Å²) in [4.78, 5) is 13.7. The number of hydrogen-bond donors (Lipinski definition) is 2. The molecule has 96 valence electrons. The van der Waals surface area contributed by atoms with Gasteiger partial charge in [0, 0.05) is 25.2 Å². The molecule has 3 atom stereocenters. The van der Waals surface area contributed by atoms with Crippen molar-refractivity contribution in [2.75, 3.05) is 13.1 Å². The summed E-state index contributed by atoms with van der Waals surface area (Å²) in [6.07, 6.45) is 7.14. The summed E-state index contributed by atoms with van der Waals surface area (Å²) < 4.78 is 0. The number of hydrogen-bond acceptors (Lipinski definition) is 3. The topological polar surface area (TPSA) is 52.6 Å². The van der Waals surface area contributed by atoms with Gasteiger partial charge in [0.2, 0.25) is 0 Å². The number of piperidine rings is 1. The second-order valence-corrected chi connectivity index (χ2v) is 5.95. The van der Waals surface area contributed by atoms with Gasteiger partial charge in [-0.3, -0.25) is 4.79 Å². The summed E-state index contributed by atoms with van der Waals surface area (Å²) in [5, 5.41) is 12.4. The Morgan fingerprint density at radius 3 is 2.71 bits per heavy atom. The van der Waals surface area contributed by atoms with E-state index in [9.17, 15) is 9.90 Å². The Hall–Kier alpha value is -0.610. The van der Waals surface area contributed by atoms with Gasteiger partial charge in [0.25, 0.3) is 0 Å². The van der Waals surface area contributed by atoms with Crippen LogP contribution in [0.4, 0.5) is 0 Å². The van der Waals surface area contributed by atoms with Crippen LogP contribution in [0, 0.1) is 5.92 Å². The first-order valence-corrected chi connectivity index (χ1v) is 6.95. The van der Waals surface area contributed by atoms with Crippen molar-refractivity contribution < 1.29 is 9.90 Å². The second-order valence-electron chi connectivity index (χ2n) is 5.95. The fourth-order valence-electron chi connectivity index (χ4n) is 3.41. The van der Waals surface area contributed by atoms with Crippen molar-refractivity contribution in [3.63, 3.8) is 0 Å². The number of nitrogens with zero attached hydrogens (tertiary/aromatic N) is 1. The van der Waals surface area contributed by atoms with E-state index in [1.54, 1.807) is 0 Å². The second kappa shape index (κ2) is 4.58. The smallest absolute Gasteiger partial charge is 0.320 e. The van der Waals surface area contributed by atoms with E-state index in [0.717, 1.165) is 37.8 Å². The van der Waals surface area contributed by atoms with Crippen molar-refractivity contribution in [3.8, 4) is 0 Å². The molecule has 2 N–H and O–H groups in total. The molecule has 1 heterocycles. The zero-order chi connectivity index (χ0) is 11.8. The molecule has 0 radical (unpaired) electrons. The predicted molar refractivity (Wildman–Crippen MR) is 64.9 cm³/mol. The molecule has 2 aliphatic carbocycles. The van der Waals surface area contributed by atoms with Crippen molar-refractivity contribution in [3.05, 3.63) is 0 Å². The normalized spacial score (nSPS) is 34.1. The molecule has 4 heteroatoms. The summed E-state index contributed by atoms with van der Waals surface area (Å²) in [6.45, 7) is 2.16. The van der Waals surface area contributed by atoms with Crippen molar-refractivity contribution in [1.29, 1.82) is 0 Å². The summed E-state index contributed by atoms with van der Waals surface area (Å²) in [6, 6.07) is 0.906. The van der Waals surface area contributed by atoms with Gasteiger partial charge in [-0.15, -0.1) is 0 Å². The fourth-order valence-corrected chi connectivity index (χ4v) is 3.41. The monoisotopic (exact) mass is 238 g/mol. The SMILES string of the molecule is O=C(O)C(CCN1CC2CCC1C2)NC1CC1. The van der Waals surface area contributed by atoms with E-state index in [0.29, 0.717) is 6.04 Å². The highest BCUT2D eigenvalue weighted by Crippen LogP contribution is 2.37. The van der Waals surface area contributed by atoms with Gasteiger partial charge in [0.1, 0.15) is 6.04 Å². The van der Waals surface area contributed by atoms with E-state index in [-0.39, 0.29) is 6.04 Å². The lowest BCUT2D eigenvalue weighted by molar-refractivity contribution is -0.139. The molecule has 0 amide bonds. The van der Waals surface area contributed by atoms with Gasteiger partial charge >= 0.3 is 5.97 Å². The molecule has 3 rings (SSSR count). The third-order valence-electron chi connectivity index (χ3n) is 4.54. The minimum Gasteiger partial charge on any atom is -0.480 e. The average Bonchev–Trinajstić information content (AvgIpc) is 2.87. The Balaban J connectivity index is 1.46. The Kier molecular flexibility index (Phi) is 3.09. The molecule has 0 aromatic carbocycles. The van der Waals surface area contributed by atoms with Crippen LogP contribution in [-0.2, 0) is 4.79 Å². The third-order valence-corrected chi connectivity index (χ3v) is 4.54. The number of likely N-dealkylation sites (tertiary alicyclic amines) is 1. The first-order chi connectivity index (χ1) is 8.22. The van der Waals surface area contributed by atoms with Crippen LogP contribution < -0.4 is 5.32 Å².